The lowest BCUT2D eigenvalue weighted by Gasteiger charge is -2.39. The summed E-state index contributed by atoms with van der Waals surface area (Å²) < 4.78 is 19.0. The Morgan fingerprint density at radius 3 is 2.59 bits per heavy atom. The Kier molecular flexibility index (Phi) is 6.29. The highest BCUT2D eigenvalue weighted by Gasteiger charge is 2.26. The Bertz CT molecular complexity index is 776. The highest BCUT2D eigenvalue weighted by atomic mass is 19.1. The molecule has 2 aromatic rings. The Balaban J connectivity index is 1.58. The van der Waals surface area contributed by atoms with Crippen molar-refractivity contribution in [3.05, 3.63) is 54.3 Å². The van der Waals surface area contributed by atoms with E-state index in [4.69, 9.17) is 4.74 Å². The third-order valence-corrected chi connectivity index (χ3v) is 4.84. The van der Waals surface area contributed by atoms with Crippen LogP contribution in [0.3, 0.4) is 0 Å². The highest BCUT2D eigenvalue weighted by molar-refractivity contribution is 5.94. The molecule has 144 valence electrons. The van der Waals surface area contributed by atoms with Crippen molar-refractivity contribution in [3.8, 4) is 5.75 Å². The lowest BCUT2D eigenvalue weighted by atomic mass is 10.2. The van der Waals surface area contributed by atoms with Crippen molar-refractivity contribution >= 4 is 17.3 Å². The number of hydrogen-bond acceptors (Lipinski definition) is 4. The Morgan fingerprint density at radius 2 is 1.89 bits per heavy atom. The van der Waals surface area contributed by atoms with Crippen LogP contribution < -0.4 is 15.0 Å². The number of nitrogens with zero attached hydrogens (tertiary/aromatic N) is 2. The van der Waals surface area contributed by atoms with Gasteiger partial charge >= 0.3 is 0 Å². The maximum absolute atomic E-state index is 13.3. The van der Waals surface area contributed by atoms with Gasteiger partial charge in [-0.05, 0) is 44.2 Å². The Labute approximate surface area is 159 Å². The van der Waals surface area contributed by atoms with Crippen molar-refractivity contribution in [1.82, 2.24) is 4.90 Å². The number of rotatable bonds is 6. The Hall–Kier alpha value is -2.60. The topological polar surface area (TPSA) is 44.8 Å². The number of anilines is 2. The maximum atomic E-state index is 13.3. The summed E-state index contributed by atoms with van der Waals surface area (Å²) in [6.07, 6.45) is 0. The number of amides is 1. The summed E-state index contributed by atoms with van der Waals surface area (Å²) >= 11 is 0. The average Bonchev–Trinajstić information content (AvgIpc) is 2.68. The average molecular weight is 371 g/mol. The summed E-state index contributed by atoms with van der Waals surface area (Å²) in [5, 5.41) is 2.79. The molecule has 1 aliphatic rings. The van der Waals surface area contributed by atoms with E-state index in [1.165, 1.54) is 12.1 Å². The predicted octanol–water partition coefficient (Wildman–Crippen LogP) is 3.37. The Morgan fingerprint density at radius 1 is 1.15 bits per heavy atom. The molecule has 1 fully saturated rings. The molecule has 1 aliphatic heterocycles. The van der Waals surface area contributed by atoms with Crippen LogP contribution in [-0.2, 0) is 4.79 Å². The highest BCUT2D eigenvalue weighted by Crippen LogP contribution is 2.29. The van der Waals surface area contributed by atoms with Crippen molar-refractivity contribution in [1.29, 1.82) is 0 Å². The van der Waals surface area contributed by atoms with Crippen LogP contribution in [0.1, 0.15) is 13.8 Å². The summed E-state index contributed by atoms with van der Waals surface area (Å²) in [5.41, 5.74) is 1.58. The van der Waals surface area contributed by atoms with E-state index in [0.29, 0.717) is 12.3 Å². The zero-order chi connectivity index (χ0) is 19.2. The second-order valence-corrected chi connectivity index (χ2v) is 6.60. The SMILES string of the molecule is CCOc1ccccc1N1CCN([C@H](C)C(=O)Nc2cccc(F)c2)CC1. The molecule has 0 bridgehead atoms. The quantitative estimate of drug-likeness (QED) is 0.846. The molecule has 0 spiro atoms. The van der Waals surface area contributed by atoms with Gasteiger partial charge in [0.1, 0.15) is 11.6 Å². The van der Waals surface area contributed by atoms with Gasteiger partial charge in [0, 0.05) is 31.9 Å². The van der Waals surface area contributed by atoms with Gasteiger partial charge in [-0.1, -0.05) is 18.2 Å². The molecule has 2 aromatic carbocycles. The molecule has 0 aromatic heterocycles. The summed E-state index contributed by atoms with van der Waals surface area (Å²) in [6.45, 7) is 7.69. The van der Waals surface area contributed by atoms with E-state index in [0.717, 1.165) is 37.6 Å². The smallest absolute Gasteiger partial charge is 0.241 e. The number of hydrogen-bond donors (Lipinski definition) is 1. The van der Waals surface area contributed by atoms with Gasteiger partial charge in [0.2, 0.25) is 5.91 Å². The molecule has 1 atom stereocenters. The van der Waals surface area contributed by atoms with Crippen LogP contribution in [0.15, 0.2) is 48.5 Å². The monoisotopic (exact) mass is 371 g/mol. The van der Waals surface area contributed by atoms with E-state index in [1.807, 2.05) is 32.0 Å². The fourth-order valence-corrected chi connectivity index (χ4v) is 3.32. The first-order chi connectivity index (χ1) is 13.1. The zero-order valence-electron chi connectivity index (χ0n) is 15.8. The fourth-order valence-electron chi connectivity index (χ4n) is 3.32. The number of carbonyl (C=O) groups is 1. The number of benzene rings is 2. The molecule has 5 nitrogen and oxygen atoms in total. The van der Waals surface area contributed by atoms with Crippen LogP contribution in [-0.4, -0.2) is 49.6 Å². The van der Waals surface area contributed by atoms with Crippen LogP contribution >= 0.6 is 0 Å². The minimum Gasteiger partial charge on any atom is -0.492 e. The van der Waals surface area contributed by atoms with E-state index in [-0.39, 0.29) is 17.8 Å². The maximum Gasteiger partial charge on any atom is 0.241 e. The number of nitrogens with one attached hydrogen (secondary N) is 1. The first-order valence-electron chi connectivity index (χ1n) is 9.35. The van der Waals surface area contributed by atoms with Crippen LogP contribution in [0.2, 0.25) is 0 Å². The molecule has 27 heavy (non-hydrogen) atoms. The third-order valence-electron chi connectivity index (χ3n) is 4.84. The van der Waals surface area contributed by atoms with E-state index in [1.54, 1.807) is 12.1 Å². The molecular weight excluding hydrogens is 345 g/mol. The van der Waals surface area contributed by atoms with Gasteiger partial charge < -0.3 is 15.0 Å². The summed E-state index contributed by atoms with van der Waals surface area (Å²) in [6, 6.07) is 13.7. The number of halogens is 1. The molecule has 1 saturated heterocycles. The molecule has 0 saturated carbocycles. The minimum atomic E-state index is -0.359. The molecule has 0 unspecified atom stereocenters. The fraction of sp³-hybridized carbons (Fsp3) is 0.381. The predicted molar refractivity (Wildman–Crippen MR) is 106 cm³/mol. The number of para-hydroxylation sites is 2. The first-order valence-corrected chi connectivity index (χ1v) is 9.35. The van der Waals surface area contributed by atoms with Crippen LogP contribution in [0, 0.1) is 5.82 Å². The zero-order valence-corrected chi connectivity index (χ0v) is 15.8. The summed E-state index contributed by atoms with van der Waals surface area (Å²) in [4.78, 5) is 16.9. The standard InChI is InChI=1S/C21H26FN3O2/c1-3-27-20-10-5-4-9-19(20)25-13-11-24(12-14-25)16(2)21(26)23-18-8-6-7-17(22)15-18/h4-10,15-16H,3,11-14H2,1-2H3,(H,23,26)/t16-/m1/s1. The van der Waals surface area contributed by atoms with Gasteiger partial charge in [-0.15, -0.1) is 0 Å². The van der Waals surface area contributed by atoms with Gasteiger partial charge in [0.05, 0.1) is 18.3 Å². The third kappa shape index (κ3) is 4.77. The lowest BCUT2D eigenvalue weighted by Crippen LogP contribution is -2.52. The van der Waals surface area contributed by atoms with Crippen LogP contribution in [0.4, 0.5) is 15.8 Å². The second-order valence-electron chi connectivity index (χ2n) is 6.60. The molecule has 6 heteroatoms. The van der Waals surface area contributed by atoms with Crippen LogP contribution in [0.5, 0.6) is 5.75 Å². The van der Waals surface area contributed by atoms with E-state index < -0.39 is 0 Å². The van der Waals surface area contributed by atoms with Crippen molar-refractivity contribution in [2.24, 2.45) is 0 Å². The number of piperazine rings is 1. The van der Waals surface area contributed by atoms with Gasteiger partial charge in [-0.3, -0.25) is 9.69 Å². The first kappa shape index (κ1) is 19.2. The van der Waals surface area contributed by atoms with Gasteiger partial charge in [0.15, 0.2) is 0 Å². The molecule has 3 rings (SSSR count). The largest absolute Gasteiger partial charge is 0.492 e. The number of ether oxygens (including phenoxy) is 1. The van der Waals surface area contributed by atoms with Crippen molar-refractivity contribution in [2.75, 3.05) is 43.0 Å². The van der Waals surface area contributed by atoms with E-state index in [9.17, 15) is 9.18 Å². The normalized spacial score (nSPS) is 16.0. The second kappa shape index (κ2) is 8.86. The van der Waals surface area contributed by atoms with Gasteiger partial charge in [0.25, 0.3) is 0 Å². The van der Waals surface area contributed by atoms with Crippen LogP contribution in [0.25, 0.3) is 0 Å². The molecule has 1 N–H and O–H groups in total. The van der Waals surface area contributed by atoms with Crippen molar-refractivity contribution in [2.45, 2.75) is 19.9 Å². The lowest BCUT2D eigenvalue weighted by molar-refractivity contribution is -0.120. The van der Waals surface area contributed by atoms with Crippen molar-refractivity contribution < 1.29 is 13.9 Å². The van der Waals surface area contributed by atoms with Crippen molar-refractivity contribution in [3.63, 3.8) is 0 Å². The van der Waals surface area contributed by atoms with Gasteiger partial charge in [-0.25, -0.2) is 4.39 Å². The summed E-state index contributed by atoms with van der Waals surface area (Å²) in [7, 11) is 0. The van der Waals surface area contributed by atoms with E-state index >= 15 is 0 Å². The molecular formula is C21H26FN3O2. The molecule has 0 radical (unpaired) electrons. The van der Waals surface area contributed by atoms with Gasteiger partial charge in [-0.2, -0.15) is 0 Å². The minimum absolute atomic E-state index is 0.122. The number of carbonyl (C=O) groups excluding carboxylic acids is 1. The molecule has 1 amide bonds. The summed E-state index contributed by atoms with van der Waals surface area (Å²) in [5.74, 6) is 0.413. The molecule has 0 aliphatic carbocycles. The van der Waals surface area contributed by atoms with E-state index in [2.05, 4.69) is 21.2 Å². The molecule has 1 heterocycles.